The van der Waals surface area contributed by atoms with Crippen LogP contribution in [0.2, 0.25) is 0 Å². The molecule has 0 heterocycles. The number of carboxylic acids is 1. The molecule has 6 heteroatoms. The summed E-state index contributed by atoms with van der Waals surface area (Å²) >= 11 is 0. The second kappa shape index (κ2) is 8.26. The van der Waals surface area contributed by atoms with Gasteiger partial charge in [-0.25, -0.2) is 4.90 Å². The first-order valence-corrected chi connectivity index (χ1v) is 6.98. The highest BCUT2D eigenvalue weighted by Crippen LogP contribution is 2.10. The zero-order chi connectivity index (χ0) is 15.8. The Kier molecular flexibility index (Phi) is 6.68. The van der Waals surface area contributed by atoms with E-state index in [-0.39, 0.29) is 0 Å². The first-order valence-electron chi connectivity index (χ1n) is 6.98. The lowest BCUT2D eigenvalue weighted by molar-refractivity contribution is -0.467. The highest BCUT2D eigenvalue weighted by atomic mass is 16.4. The van der Waals surface area contributed by atoms with Crippen molar-refractivity contribution in [2.45, 2.75) is 18.9 Å². The molecule has 1 rings (SSSR count). The molecule has 21 heavy (non-hydrogen) atoms. The first-order chi connectivity index (χ1) is 9.93. The van der Waals surface area contributed by atoms with Crippen LogP contribution >= 0.6 is 0 Å². The van der Waals surface area contributed by atoms with Crippen LogP contribution in [-0.2, 0) is 4.79 Å². The fourth-order valence-electron chi connectivity index (χ4n) is 2.00. The number of carbonyl (C=O) groups is 1. The van der Waals surface area contributed by atoms with Crippen LogP contribution in [0.4, 0.5) is 5.69 Å². The largest absolute Gasteiger partial charge is 0.480 e. The van der Waals surface area contributed by atoms with Gasteiger partial charge in [0, 0.05) is 0 Å². The van der Waals surface area contributed by atoms with Crippen LogP contribution in [0.3, 0.4) is 0 Å². The lowest BCUT2D eigenvalue weighted by Gasteiger charge is -2.17. The number of carboxylic acid groups (broad SMARTS) is 1. The van der Waals surface area contributed by atoms with Crippen molar-refractivity contribution in [1.82, 2.24) is 5.32 Å². The summed E-state index contributed by atoms with van der Waals surface area (Å²) in [4.78, 5) is 12.7. The maximum absolute atomic E-state index is 10.7. The van der Waals surface area contributed by atoms with Crippen LogP contribution in [0.1, 0.15) is 12.8 Å². The van der Waals surface area contributed by atoms with Crippen LogP contribution < -0.4 is 16.0 Å². The molecule has 0 saturated heterocycles. The quantitative estimate of drug-likeness (QED) is 0.308. The predicted octanol–water partition coefficient (Wildman–Crippen LogP) is 0.533. The number of nitrogens with one attached hydrogen (secondary N) is 1. The van der Waals surface area contributed by atoms with Crippen molar-refractivity contribution in [2.75, 3.05) is 32.6 Å². The monoisotopic (exact) mass is 293 g/mol. The Morgan fingerprint density at radius 2 is 2.00 bits per heavy atom. The van der Waals surface area contributed by atoms with Gasteiger partial charge < -0.3 is 10.8 Å². The van der Waals surface area contributed by atoms with Gasteiger partial charge in [0.2, 0.25) is 0 Å². The Labute approximate surface area is 125 Å². The van der Waals surface area contributed by atoms with Gasteiger partial charge in [0.15, 0.2) is 0 Å². The fourth-order valence-corrected chi connectivity index (χ4v) is 2.00. The predicted molar refractivity (Wildman–Crippen MR) is 84.8 cm³/mol. The van der Waals surface area contributed by atoms with E-state index in [1.54, 1.807) is 0 Å². The topological polar surface area (TPSA) is 81.6 Å². The molecule has 0 spiro atoms. The molecule has 0 aliphatic rings. The van der Waals surface area contributed by atoms with Crippen LogP contribution in [0.25, 0.3) is 0 Å². The summed E-state index contributed by atoms with van der Waals surface area (Å²) in [5, 5.41) is 12.1. The molecule has 0 aliphatic carbocycles. The van der Waals surface area contributed by atoms with E-state index >= 15 is 0 Å². The van der Waals surface area contributed by atoms with E-state index in [9.17, 15) is 4.79 Å². The van der Waals surface area contributed by atoms with Crippen molar-refractivity contribution < 1.29 is 14.5 Å². The summed E-state index contributed by atoms with van der Waals surface area (Å²) in [6, 6.07) is 9.24. The molecule has 0 aliphatic heterocycles. The number of aliphatic carboxylic acids is 1. The number of para-hydroxylation sites is 1. The molecular formula is C15H25N4O2+. The van der Waals surface area contributed by atoms with Gasteiger partial charge in [-0.2, -0.15) is 0 Å². The highest BCUT2D eigenvalue weighted by molar-refractivity contribution is 5.91. The zero-order valence-corrected chi connectivity index (χ0v) is 12.9. The fraction of sp³-hybridized carbons (Fsp3) is 0.467. The molecule has 1 unspecified atom stereocenters. The Bertz CT molecular complexity index is 484. The molecule has 4 N–H and O–H groups in total. The van der Waals surface area contributed by atoms with Gasteiger partial charge in [-0.15, -0.1) is 0 Å². The summed E-state index contributed by atoms with van der Waals surface area (Å²) in [6.07, 6.45) is 1.16. The van der Waals surface area contributed by atoms with Gasteiger partial charge in [-0.3, -0.25) is 14.7 Å². The molecule has 6 nitrogen and oxygen atoms in total. The number of nitrogens with two attached hydrogens (primary N) is 1. The number of rotatable bonds is 6. The van der Waals surface area contributed by atoms with Crippen molar-refractivity contribution in [3.8, 4) is 0 Å². The third-order valence-electron chi connectivity index (χ3n) is 3.18. The van der Waals surface area contributed by atoms with E-state index in [1.165, 1.54) is 0 Å². The standard InChI is InChI=1S/C15H24N4O2/c1-18(2)15(17-11-7-10-13(16)14(20)21)19(3)12-8-5-4-6-9-12/h4-6,8-9,13H,7,10-11,16H2,1-3H3,(H,20,21)/p+1. The van der Waals surface area contributed by atoms with Crippen LogP contribution in [0.5, 0.6) is 0 Å². The second-order valence-electron chi connectivity index (χ2n) is 5.13. The van der Waals surface area contributed by atoms with Gasteiger partial charge in [0.25, 0.3) is 0 Å². The molecule has 0 aromatic heterocycles. The Balaban J connectivity index is 2.56. The molecule has 0 bridgehead atoms. The van der Waals surface area contributed by atoms with Gasteiger partial charge in [-0.1, -0.05) is 18.2 Å². The normalized spacial score (nSPS) is 11.6. The maximum Gasteiger partial charge on any atom is 0.352 e. The molecular weight excluding hydrogens is 268 g/mol. The number of hydrogen-bond acceptors (Lipinski definition) is 2. The van der Waals surface area contributed by atoms with E-state index in [0.29, 0.717) is 19.4 Å². The second-order valence-corrected chi connectivity index (χ2v) is 5.13. The Hall–Kier alpha value is -2.08. The molecule has 0 saturated carbocycles. The van der Waals surface area contributed by atoms with Gasteiger partial charge >= 0.3 is 11.9 Å². The maximum atomic E-state index is 10.7. The molecule has 0 fully saturated rings. The Morgan fingerprint density at radius 3 is 2.52 bits per heavy atom. The van der Waals surface area contributed by atoms with Gasteiger partial charge in [0.05, 0.1) is 27.7 Å². The minimum absolute atomic E-state index is 0.456. The summed E-state index contributed by atoms with van der Waals surface area (Å²) in [6.45, 7) is 0.672. The average molecular weight is 293 g/mol. The van der Waals surface area contributed by atoms with Gasteiger partial charge in [-0.05, 0) is 25.0 Å². The number of benzene rings is 1. The molecule has 1 atom stereocenters. The SMILES string of the molecule is CN(C(NCCCC(N)C(=O)O)=[N+](C)C)c1ccccc1. The lowest BCUT2D eigenvalue weighted by atomic mass is 10.2. The summed E-state index contributed by atoms with van der Waals surface area (Å²) in [5.41, 5.74) is 6.57. The van der Waals surface area contributed by atoms with Crippen LogP contribution in [0, 0.1) is 0 Å². The minimum atomic E-state index is -0.951. The number of guanidine groups is 1. The zero-order valence-electron chi connectivity index (χ0n) is 12.9. The Morgan fingerprint density at radius 1 is 1.38 bits per heavy atom. The van der Waals surface area contributed by atoms with Crippen molar-refractivity contribution in [3.63, 3.8) is 0 Å². The average Bonchev–Trinajstić information content (AvgIpc) is 2.46. The van der Waals surface area contributed by atoms with Crippen molar-refractivity contribution >= 4 is 17.6 Å². The van der Waals surface area contributed by atoms with Gasteiger partial charge in [0.1, 0.15) is 11.7 Å². The smallest absolute Gasteiger partial charge is 0.352 e. The third-order valence-corrected chi connectivity index (χ3v) is 3.18. The van der Waals surface area contributed by atoms with E-state index in [1.807, 2.05) is 56.1 Å². The van der Waals surface area contributed by atoms with E-state index in [4.69, 9.17) is 10.8 Å². The molecule has 1 aromatic carbocycles. The van der Waals surface area contributed by atoms with Crippen molar-refractivity contribution in [3.05, 3.63) is 30.3 Å². The molecule has 1 aromatic rings. The lowest BCUT2D eigenvalue weighted by Crippen LogP contribution is -2.45. The van der Waals surface area contributed by atoms with Crippen LogP contribution in [0.15, 0.2) is 30.3 Å². The first kappa shape index (κ1) is 17.0. The molecule has 116 valence electrons. The summed E-state index contributed by atoms with van der Waals surface area (Å²) in [5.74, 6) is -0.00156. The number of hydrogen-bond donors (Lipinski definition) is 3. The summed E-state index contributed by atoms with van der Waals surface area (Å²) < 4.78 is 1.99. The molecule has 0 radical (unpaired) electrons. The van der Waals surface area contributed by atoms with Crippen molar-refractivity contribution in [2.24, 2.45) is 5.73 Å². The number of nitrogens with zero attached hydrogens (tertiary/aromatic N) is 2. The third kappa shape index (κ3) is 5.43. The van der Waals surface area contributed by atoms with Crippen molar-refractivity contribution in [1.29, 1.82) is 0 Å². The van der Waals surface area contributed by atoms with Crippen LogP contribution in [-0.4, -0.2) is 55.3 Å². The number of anilines is 1. The summed E-state index contributed by atoms with van der Waals surface area (Å²) in [7, 11) is 5.91. The minimum Gasteiger partial charge on any atom is -0.480 e. The van der Waals surface area contributed by atoms with E-state index in [0.717, 1.165) is 11.6 Å². The van der Waals surface area contributed by atoms with E-state index < -0.39 is 12.0 Å². The highest BCUT2D eigenvalue weighted by Gasteiger charge is 2.17. The molecule has 0 amide bonds. The van der Waals surface area contributed by atoms with E-state index in [2.05, 4.69) is 10.2 Å².